The predicted molar refractivity (Wildman–Crippen MR) is 80.3 cm³/mol. The van der Waals surface area contributed by atoms with Gasteiger partial charge in [-0.25, -0.2) is 0 Å². The van der Waals surface area contributed by atoms with Crippen molar-refractivity contribution in [3.8, 4) is 0 Å². The largest absolute Gasteiger partial charge is 0.345 e. The highest BCUT2D eigenvalue weighted by Crippen LogP contribution is 2.17. The summed E-state index contributed by atoms with van der Waals surface area (Å²) in [5, 5.41) is 0. The molecule has 0 heterocycles. The number of aryl methyl sites for hydroxylation is 1. The number of carbonyl (C=O) groups excluding carboxylic acids is 1. The van der Waals surface area contributed by atoms with E-state index in [0.29, 0.717) is 6.42 Å². The monoisotopic (exact) mass is 262 g/mol. The van der Waals surface area contributed by atoms with E-state index in [4.69, 9.17) is 5.73 Å². The zero-order chi connectivity index (χ0) is 14.6. The molecule has 0 bridgehead atoms. The van der Waals surface area contributed by atoms with E-state index in [1.165, 1.54) is 22.3 Å². The van der Waals surface area contributed by atoms with Crippen molar-refractivity contribution in [1.82, 2.24) is 4.90 Å². The van der Waals surface area contributed by atoms with Crippen molar-refractivity contribution < 1.29 is 4.79 Å². The summed E-state index contributed by atoms with van der Waals surface area (Å²) in [5.74, 6) is 0.122. The molecule has 1 rings (SSSR count). The lowest BCUT2D eigenvalue weighted by Gasteiger charge is -2.19. The molecule has 1 aromatic carbocycles. The second-order valence-electron chi connectivity index (χ2n) is 5.54. The molecule has 0 aliphatic heterocycles. The Balaban J connectivity index is 2.62. The molecule has 0 saturated heterocycles. The van der Waals surface area contributed by atoms with Gasteiger partial charge in [0, 0.05) is 26.1 Å². The number of benzene rings is 1. The lowest BCUT2D eigenvalue weighted by molar-refractivity contribution is -0.130. The maximum Gasteiger partial charge on any atom is 0.223 e. The minimum Gasteiger partial charge on any atom is -0.345 e. The molecule has 0 aliphatic carbocycles. The van der Waals surface area contributed by atoms with Crippen LogP contribution in [0.1, 0.15) is 35.6 Å². The van der Waals surface area contributed by atoms with Gasteiger partial charge in [-0.1, -0.05) is 12.1 Å². The van der Waals surface area contributed by atoms with E-state index in [0.717, 1.165) is 13.0 Å². The van der Waals surface area contributed by atoms with E-state index < -0.39 is 0 Å². The van der Waals surface area contributed by atoms with Gasteiger partial charge >= 0.3 is 0 Å². The first-order valence-electron chi connectivity index (χ1n) is 6.88. The Morgan fingerprint density at radius 1 is 1.26 bits per heavy atom. The second-order valence-corrected chi connectivity index (χ2v) is 5.54. The number of nitrogens with zero attached hydrogens (tertiary/aromatic N) is 1. The average molecular weight is 262 g/mol. The molecular weight excluding hydrogens is 236 g/mol. The van der Waals surface area contributed by atoms with E-state index in [9.17, 15) is 4.79 Å². The van der Waals surface area contributed by atoms with Crippen LogP contribution >= 0.6 is 0 Å². The smallest absolute Gasteiger partial charge is 0.223 e. The van der Waals surface area contributed by atoms with Crippen molar-refractivity contribution in [2.24, 2.45) is 5.73 Å². The predicted octanol–water partition coefficient (Wildman–Crippen LogP) is 2.35. The summed E-state index contributed by atoms with van der Waals surface area (Å²) >= 11 is 0. The van der Waals surface area contributed by atoms with Crippen molar-refractivity contribution in [3.05, 3.63) is 34.4 Å². The molecule has 1 amide bonds. The summed E-state index contributed by atoms with van der Waals surface area (Å²) < 4.78 is 0. The van der Waals surface area contributed by atoms with Crippen LogP contribution in [0, 0.1) is 20.8 Å². The number of hydrogen-bond acceptors (Lipinski definition) is 2. The van der Waals surface area contributed by atoms with Gasteiger partial charge in [-0.3, -0.25) is 4.79 Å². The highest BCUT2D eigenvalue weighted by molar-refractivity contribution is 5.76. The van der Waals surface area contributed by atoms with Crippen molar-refractivity contribution in [1.29, 1.82) is 0 Å². The third-order valence-electron chi connectivity index (χ3n) is 3.81. The normalized spacial score (nSPS) is 12.3. The lowest BCUT2D eigenvalue weighted by Crippen LogP contribution is -2.33. The second kappa shape index (κ2) is 6.71. The Bertz CT molecular complexity index is 452. The van der Waals surface area contributed by atoms with Gasteiger partial charge in [-0.15, -0.1) is 0 Å². The van der Waals surface area contributed by atoms with Crippen LogP contribution in [-0.4, -0.2) is 30.4 Å². The highest BCUT2D eigenvalue weighted by Gasteiger charge is 2.11. The molecule has 3 heteroatoms. The fraction of sp³-hybridized carbons (Fsp3) is 0.562. The third-order valence-corrected chi connectivity index (χ3v) is 3.81. The van der Waals surface area contributed by atoms with Crippen molar-refractivity contribution in [3.63, 3.8) is 0 Å². The molecule has 0 aliphatic rings. The van der Waals surface area contributed by atoms with Crippen LogP contribution in [0.4, 0.5) is 0 Å². The first kappa shape index (κ1) is 15.7. The van der Waals surface area contributed by atoms with Crippen LogP contribution in [-0.2, 0) is 11.2 Å². The molecule has 2 N–H and O–H groups in total. The van der Waals surface area contributed by atoms with Crippen LogP contribution in [0.2, 0.25) is 0 Å². The summed E-state index contributed by atoms with van der Waals surface area (Å²) in [6.07, 6.45) is 1.32. The van der Waals surface area contributed by atoms with Crippen molar-refractivity contribution in [2.45, 2.75) is 46.6 Å². The van der Waals surface area contributed by atoms with Crippen LogP contribution in [0.15, 0.2) is 12.1 Å². The van der Waals surface area contributed by atoms with E-state index in [2.05, 4.69) is 32.9 Å². The molecule has 0 radical (unpaired) electrons. The first-order valence-corrected chi connectivity index (χ1v) is 6.88. The summed E-state index contributed by atoms with van der Waals surface area (Å²) in [4.78, 5) is 13.6. The van der Waals surface area contributed by atoms with Crippen LogP contribution < -0.4 is 5.73 Å². The Morgan fingerprint density at radius 3 is 2.47 bits per heavy atom. The van der Waals surface area contributed by atoms with Gasteiger partial charge in [0.15, 0.2) is 0 Å². The number of hydrogen-bond donors (Lipinski definition) is 1. The summed E-state index contributed by atoms with van der Waals surface area (Å²) in [6, 6.07) is 4.25. The standard InChI is InChI=1S/C16H26N2O/c1-11-6-7-15(14(4)13(11)3)8-9-18(5)16(19)10-12(2)17/h6-7,12H,8-10,17H2,1-5H3. The van der Waals surface area contributed by atoms with E-state index in [1.54, 1.807) is 4.90 Å². The fourth-order valence-corrected chi connectivity index (χ4v) is 2.13. The summed E-state index contributed by atoms with van der Waals surface area (Å²) in [6.45, 7) is 9.04. The van der Waals surface area contributed by atoms with E-state index in [1.807, 2.05) is 14.0 Å². The molecule has 3 nitrogen and oxygen atoms in total. The summed E-state index contributed by atoms with van der Waals surface area (Å²) in [7, 11) is 1.85. The van der Waals surface area contributed by atoms with Crippen molar-refractivity contribution in [2.75, 3.05) is 13.6 Å². The third kappa shape index (κ3) is 4.35. The lowest BCUT2D eigenvalue weighted by atomic mass is 9.97. The van der Waals surface area contributed by atoms with Gasteiger partial charge < -0.3 is 10.6 Å². The maximum absolute atomic E-state index is 11.8. The Labute approximate surface area is 116 Å². The van der Waals surface area contributed by atoms with E-state index in [-0.39, 0.29) is 11.9 Å². The minimum atomic E-state index is -0.0710. The topological polar surface area (TPSA) is 46.3 Å². The average Bonchev–Trinajstić information content (AvgIpc) is 2.34. The molecular formula is C16H26N2O. The highest BCUT2D eigenvalue weighted by atomic mass is 16.2. The molecule has 0 fully saturated rings. The quantitative estimate of drug-likeness (QED) is 0.885. The summed E-state index contributed by atoms with van der Waals surface area (Å²) in [5.41, 5.74) is 11.0. The number of nitrogens with two attached hydrogens (primary N) is 1. The van der Waals surface area contributed by atoms with Gasteiger partial charge in [-0.2, -0.15) is 0 Å². The molecule has 0 saturated carbocycles. The SMILES string of the molecule is Cc1ccc(CCN(C)C(=O)CC(C)N)c(C)c1C. The van der Waals surface area contributed by atoms with Crippen molar-refractivity contribution >= 4 is 5.91 Å². The number of rotatable bonds is 5. The molecule has 1 unspecified atom stereocenters. The van der Waals surface area contributed by atoms with E-state index >= 15 is 0 Å². The number of likely N-dealkylation sites (N-methyl/N-ethyl adjacent to an activating group) is 1. The fourth-order valence-electron chi connectivity index (χ4n) is 2.13. The zero-order valence-corrected chi connectivity index (χ0v) is 12.8. The first-order chi connectivity index (χ1) is 8.82. The zero-order valence-electron chi connectivity index (χ0n) is 12.8. The van der Waals surface area contributed by atoms with Crippen LogP contribution in [0.3, 0.4) is 0 Å². The van der Waals surface area contributed by atoms with Gasteiger partial charge in [0.05, 0.1) is 0 Å². The number of carbonyl (C=O) groups is 1. The van der Waals surface area contributed by atoms with Gasteiger partial charge in [0.25, 0.3) is 0 Å². The molecule has 0 spiro atoms. The molecule has 106 valence electrons. The maximum atomic E-state index is 11.8. The minimum absolute atomic E-state index is 0.0710. The molecule has 1 aromatic rings. The molecule has 0 aromatic heterocycles. The molecule has 1 atom stereocenters. The Hall–Kier alpha value is -1.35. The van der Waals surface area contributed by atoms with Gasteiger partial charge in [0.1, 0.15) is 0 Å². The molecule has 19 heavy (non-hydrogen) atoms. The number of amides is 1. The van der Waals surface area contributed by atoms with Gasteiger partial charge in [0.2, 0.25) is 5.91 Å². The van der Waals surface area contributed by atoms with Gasteiger partial charge in [-0.05, 0) is 56.4 Å². The Kier molecular flexibility index (Phi) is 5.55. The Morgan fingerprint density at radius 2 is 1.89 bits per heavy atom. The van der Waals surface area contributed by atoms with Crippen LogP contribution in [0.25, 0.3) is 0 Å². The van der Waals surface area contributed by atoms with Crippen LogP contribution in [0.5, 0.6) is 0 Å².